The minimum Gasteiger partial charge on any atom is -0.383 e. The van der Waals surface area contributed by atoms with Crippen LogP contribution in [-0.4, -0.2) is 30.6 Å². The molecule has 0 aromatic heterocycles. The van der Waals surface area contributed by atoms with Crippen molar-refractivity contribution in [3.63, 3.8) is 0 Å². The van der Waals surface area contributed by atoms with E-state index in [0.717, 1.165) is 42.4 Å². The van der Waals surface area contributed by atoms with E-state index in [1.54, 1.807) is 6.07 Å². The molecule has 1 aromatic rings. The molecule has 1 fully saturated rings. The first-order valence-corrected chi connectivity index (χ1v) is 6.88. The molecule has 0 saturated carbocycles. The van der Waals surface area contributed by atoms with Gasteiger partial charge in [-0.2, -0.15) is 11.8 Å². The van der Waals surface area contributed by atoms with Crippen molar-refractivity contribution in [2.24, 2.45) is 0 Å². The Hall–Kier alpha value is -0.900. The Morgan fingerprint density at radius 3 is 3.31 bits per heavy atom. The van der Waals surface area contributed by atoms with E-state index in [2.05, 4.69) is 10.2 Å². The molecule has 0 amide bonds. The number of hydrogen-bond donors (Lipinski definition) is 1. The van der Waals surface area contributed by atoms with Gasteiger partial charge in [-0.05, 0) is 24.6 Å². The van der Waals surface area contributed by atoms with Crippen molar-refractivity contribution < 1.29 is 4.39 Å². The van der Waals surface area contributed by atoms with Crippen LogP contribution in [0.4, 0.5) is 15.8 Å². The van der Waals surface area contributed by atoms with E-state index in [-0.39, 0.29) is 5.82 Å². The molecule has 2 heterocycles. The van der Waals surface area contributed by atoms with Gasteiger partial charge in [-0.1, -0.05) is 0 Å². The van der Waals surface area contributed by atoms with Crippen molar-refractivity contribution in [2.45, 2.75) is 12.5 Å². The summed E-state index contributed by atoms with van der Waals surface area (Å²) in [7, 11) is 0. The second-order valence-corrected chi connectivity index (χ2v) is 5.45. The Bertz CT molecular complexity index is 397. The highest BCUT2D eigenvalue weighted by Crippen LogP contribution is 2.34. The van der Waals surface area contributed by atoms with Crippen molar-refractivity contribution in [2.75, 3.05) is 34.8 Å². The van der Waals surface area contributed by atoms with Crippen molar-refractivity contribution in [3.05, 3.63) is 24.0 Å². The lowest BCUT2D eigenvalue weighted by Crippen LogP contribution is -2.42. The van der Waals surface area contributed by atoms with Crippen LogP contribution in [0, 0.1) is 5.82 Å². The van der Waals surface area contributed by atoms with Crippen LogP contribution in [0.2, 0.25) is 0 Å². The maximum atomic E-state index is 13.3. The van der Waals surface area contributed by atoms with E-state index < -0.39 is 0 Å². The van der Waals surface area contributed by atoms with Crippen LogP contribution < -0.4 is 10.2 Å². The molecule has 16 heavy (non-hydrogen) atoms. The summed E-state index contributed by atoms with van der Waals surface area (Å²) in [6.45, 7) is 2.02. The molecule has 3 rings (SSSR count). The third kappa shape index (κ3) is 1.75. The topological polar surface area (TPSA) is 15.3 Å². The van der Waals surface area contributed by atoms with E-state index in [4.69, 9.17) is 0 Å². The van der Waals surface area contributed by atoms with Gasteiger partial charge in [0.05, 0.1) is 11.4 Å². The Balaban J connectivity index is 2.02. The predicted octanol–water partition coefficient (Wildman–Crippen LogP) is 2.56. The van der Waals surface area contributed by atoms with Crippen molar-refractivity contribution >= 4 is 23.1 Å². The van der Waals surface area contributed by atoms with E-state index in [9.17, 15) is 4.39 Å². The fourth-order valence-electron chi connectivity index (χ4n) is 2.48. The Morgan fingerprint density at radius 2 is 2.38 bits per heavy atom. The highest BCUT2D eigenvalue weighted by atomic mass is 32.2. The van der Waals surface area contributed by atoms with Crippen LogP contribution in [0.25, 0.3) is 0 Å². The highest BCUT2D eigenvalue weighted by molar-refractivity contribution is 7.99. The fourth-order valence-corrected chi connectivity index (χ4v) is 3.59. The summed E-state index contributed by atoms with van der Waals surface area (Å²) in [5.41, 5.74) is 2.12. The van der Waals surface area contributed by atoms with Gasteiger partial charge >= 0.3 is 0 Å². The normalized spacial score (nSPS) is 24.1. The van der Waals surface area contributed by atoms with Crippen LogP contribution >= 0.6 is 11.8 Å². The third-order valence-corrected chi connectivity index (χ3v) is 4.38. The number of benzene rings is 1. The fraction of sp³-hybridized carbons (Fsp3) is 0.500. The van der Waals surface area contributed by atoms with Gasteiger partial charge in [0, 0.05) is 30.6 Å². The average molecular weight is 238 g/mol. The molecular formula is C12H15FN2S. The van der Waals surface area contributed by atoms with Gasteiger partial charge in [0.15, 0.2) is 0 Å². The first-order chi connectivity index (χ1) is 7.84. The van der Waals surface area contributed by atoms with Gasteiger partial charge in [-0.3, -0.25) is 0 Å². The summed E-state index contributed by atoms with van der Waals surface area (Å²) in [4.78, 5) is 2.37. The maximum Gasteiger partial charge on any atom is 0.125 e. The summed E-state index contributed by atoms with van der Waals surface area (Å²) < 4.78 is 13.3. The van der Waals surface area contributed by atoms with Crippen molar-refractivity contribution in [1.29, 1.82) is 0 Å². The number of anilines is 2. The molecule has 0 aliphatic carbocycles. The molecule has 2 aliphatic rings. The van der Waals surface area contributed by atoms with Gasteiger partial charge in [0.1, 0.15) is 5.82 Å². The lowest BCUT2D eigenvalue weighted by atomic mass is 10.1. The molecule has 1 atom stereocenters. The number of nitrogens with one attached hydrogen (secondary N) is 1. The Labute approximate surface area is 99.2 Å². The van der Waals surface area contributed by atoms with E-state index in [1.807, 2.05) is 17.8 Å². The zero-order valence-electron chi connectivity index (χ0n) is 9.08. The molecule has 1 saturated heterocycles. The first-order valence-electron chi connectivity index (χ1n) is 5.72. The predicted molar refractivity (Wildman–Crippen MR) is 68.0 cm³/mol. The Morgan fingerprint density at radius 1 is 1.44 bits per heavy atom. The van der Waals surface area contributed by atoms with E-state index in [0.29, 0.717) is 6.04 Å². The van der Waals surface area contributed by atoms with Crippen LogP contribution in [0.5, 0.6) is 0 Å². The lowest BCUT2D eigenvalue weighted by molar-refractivity contribution is 0.612. The van der Waals surface area contributed by atoms with Crippen LogP contribution in [0.3, 0.4) is 0 Å². The molecule has 0 radical (unpaired) electrons. The number of rotatable bonds is 0. The lowest BCUT2D eigenvalue weighted by Gasteiger charge is -2.36. The minimum atomic E-state index is -0.139. The van der Waals surface area contributed by atoms with E-state index >= 15 is 0 Å². The highest BCUT2D eigenvalue weighted by Gasteiger charge is 2.27. The summed E-state index contributed by atoms with van der Waals surface area (Å²) in [6.07, 6.45) is 1.14. The summed E-state index contributed by atoms with van der Waals surface area (Å²) >= 11 is 2.01. The molecule has 0 spiro atoms. The molecule has 4 heteroatoms. The first kappa shape index (κ1) is 10.3. The smallest absolute Gasteiger partial charge is 0.125 e. The average Bonchev–Trinajstić information content (AvgIpc) is 2.48. The number of halogens is 1. The quantitative estimate of drug-likeness (QED) is 0.748. The van der Waals surface area contributed by atoms with Crippen molar-refractivity contribution in [3.8, 4) is 0 Å². The van der Waals surface area contributed by atoms with Gasteiger partial charge < -0.3 is 10.2 Å². The summed E-state index contributed by atoms with van der Waals surface area (Å²) in [5.74, 6) is 2.17. The van der Waals surface area contributed by atoms with Crippen LogP contribution in [-0.2, 0) is 0 Å². The molecule has 1 N–H and O–H groups in total. The second kappa shape index (κ2) is 4.17. The molecular weight excluding hydrogens is 223 g/mol. The monoisotopic (exact) mass is 238 g/mol. The SMILES string of the molecule is Fc1ccc2c(c1)N1CCSCC1CCN2. The van der Waals surface area contributed by atoms with Gasteiger partial charge in [0.25, 0.3) is 0 Å². The molecule has 86 valence electrons. The zero-order valence-corrected chi connectivity index (χ0v) is 9.89. The largest absolute Gasteiger partial charge is 0.383 e. The zero-order chi connectivity index (χ0) is 11.0. The summed E-state index contributed by atoms with van der Waals surface area (Å²) in [5, 5.41) is 3.39. The maximum absolute atomic E-state index is 13.3. The third-order valence-electron chi connectivity index (χ3n) is 3.29. The van der Waals surface area contributed by atoms with Gasteiger partial charge in [0.2, 0.25) is 0 Å². The van der Waals surface area contributed by atoms with Crippen LogP contribution in [0.15, 0.2) is 18.2 Å². The molecule has 2 nitrogen and oxygen atoms in total. The number of fused-ring (bicyclic) bond motifs is 3. The number of thioether (sulfide) groups is 1. The summed E-state index contributed by atoms with van der Waals surface area (Å²) in [6, 6.07) is 5.62. The van der Waals surface area contributed by atoms with Crippen molar-refractivity contribution in [1.82, 2.24) is 0 Å². The standard InChI is InChI=1S/C12H15FN2S/c13-9-1-2-11-12(7-9)15-5-6-16-8-10(15)3-4-14-11/h1-2,7,10,14H,3-6,8H2. The van der Waals surface area contributed by atoms with Gasteiger partial charge in [-0.25, -0.2) is 4.39 Å². The number of hydrogen-bond acceptors (Lipinski definition) is 3. The molecule has 1 unspecified atom stereocenters. The van der Waals surface area contributed by atoms with E-state index in [1.165, 1.54) is 6.07 Å². The molecule has 2 aliphatic heterocycles. The van der Waals surface area contributed by atoms with Gasteiger partial charge in [-0.15, -0.1) is 0 Å². The molecule has 1 aromatic carbocycles. The van der Waals surface area contributed by atoms with Crippen LogP contribution in [0.1, 0.15) is 6.42 Å². The second-order valence-electron chi connectivity index (χ2n) is 4.30. The molecule has 0 bridgehead atoms. The minimum absolute atomic E-state index is 0.139. The number of nitrogens with zero attached hydrogens (tertiary/aromatic N) is 1. The Kier molecular flexibility index (Phi) is 2.67.